The summed E-state index contributed by atoms with van der Waals surface area (Å²) in [7, 11) is -3.52. The van der Waals surface area contributed by atoms with E-state index in [4.69, 9.17) is 42.0 Å². The zero-order chi connectivity index (χ0) is 28.3. The zero-order valence-corrected chi connectivity index (χ0v) is 24.8. The number of ether oxygens (including phenoxy) is 1. The van der Waals surface area contributed by atoms with Gasteiger partial charge in [0.25, 0.3) is 0 Å². The Morgan fingerprint density at radius 2 is 1.48 bits per heavy atom. The fourth-order valence-corrected chi connectivity index (χ4v) is 6.65. The first-order valence-corrected chi connectivity index (χ1v) is 15.3. The van der Waals surface area contributed by atoms with Crippen LogP contribution in [0.25, 0.3) is 22.2 Å². The van der Waals surface area contributed by atoms with Crippen LogP contribution in [-0.2, 0) is 20.2 Å². The Balaban J connectivity index is 1.53. The van der Waals surface area contributed by atoms with Crippen molar-refractivity contribution in [1.82, 2.24) is 9.55 Å². The second-order valence-electron chi connectivity index (χ2n) is 9.18. The fraction of sp³-hybridized carbons (Fsp3) is 0.194. The van der Waals surface area contributed by atoms with Crippen molar-refractivity contribution >= 4 is 47.1 Å². The third kappa shape index (κ3) is 5.97. The minimum absolute atomic E-state index is 0.252. The van der Waals surface area contributed by atoms with Crippen LogP contribution in [0.1, 0.15) is 25.0 Å². The molecule has 0 saturated carbocycles. The van der Waals surface area contributed by atoms with Crippen LogP contribution in [0.4, 0.5) is 0 Å². The van der Waals surface area contributed by atoms with E-state index in [0.29, 0.717) is 39.2 Å². The second-order valence-corrected chi connectivity index (χ2v) is 12.0. The van der Waals surface area contributed by atoms with Gasteiger partial charge in [-0.2, -0.15) is 4.98 Å². The molecule has 0 N–H and O–H groups in total. The quantitative estimate of drug-likeness (QED) is 0.151. The highest BCUT2D eigenvalue weighted by Gasteiger charge is 2.29. The standard InChI is InChI=1S/C31H29Cl2N2O4P/c1-4-37-40(36,38-5-2)30-17-25(16-11-21(30)3)39-31-34-28-18-26(32)27(33)19-29(28)35(31)20-22-12-14-24(15-13-22)23-9-7-6-8-10-23/h6-19H,4-5,20H2,1-3H3. The van der Waals surface area contributed by atoms with Crippen molar-refractivity contribution in [2.75, 3.05) is 13.2 Å². The van der Waals surface area contributed by atoms with E-state index in [9.17, 15) is 4.57 Å². The molecular weight excluding hydrogens is 566 g/mol. The molecule has 5 aromatic rings. The molecule has 6 nitrogen and oxygen atoms in total. The molecule has 0 amide bonds. The molecule has 0 aliphatic heterocycles. The Bertz CT molecular complexity index is 1680. The first kappa shape index (κ1) is 28.4. The molecule has 0 fully saturated rings. The Kier molecular flexibility index (Phi) is 8.65. The van der Waals surface area contributed by atoms with Crippen LogP contribution in [0.5, 0.6) is 11.8 Å². The molecule has 9 heteroatoms. The van der Waals surface area contributed by atoms with Crippen LogP contribution >= 0.6 is 30.8 Å². The Morgan fingerprint density at radius 1 is 0.825 bits per heavy atom. The van der Waals surface area contributed by atoms with Crippen LogP contribution in [0.15, 0.2) is 84.9 Å². The third-order valence-corrected chi connectivity index (χ3v) is 9.43. The van der Waals surface area contributed by atoms with E-state index < -0.39 is 7.60 Å². The van der Waals surface area contributed by atoms with Gasteiger partial charge in [0, 0.05) is 0 Å². The Labute approximate surface area is 244 Å². The minimum atomic E-state index is -3.52. The lowest BCUT2D eigenvalue weighted by molar-refractivity contribution is 0.229. The summed E-state index contributed by atoms with van der Waals surface area (Å²) in [5, 5.41) is 1.29. The minimum Gasteiger partial charge on any atom is -0.425 e. The number of hydrogen-bond acceptors (Lipinski definition) is 5. The summed E-state index contributed by atoms with van der Waals surface area (Å²) in [6, 6.07) is 27.8. The number of imidazole rings is 1. The molecule has 1 heterocycles. The van der Waals surface area contributed by atoms with Crippen LogP contribution in [0.2, 0.25) is 10.0 Å². The van der Waals surface area contributed by atoms with Crippen LogP contribution in [0, 0.1) is 6.92 Å². The maximum absolute atomic E-state index is 13.5. The van der Waals surface area contributed by atoms with Gasteiger partial charge in [0.15, 0.2) is 0 Å². The molecule has 206 valence electrons. The fourth-order valence-electron chi connectivity index (χ4n) is 4.51. The summed E-state index contributed by atoms with van der Waals surface area (Å²) in [5.41, 5.74) is 5.54. The number of rotatable bonds is 10. The molecular formula is C31H29Cl2N2O4P. The van der Waals surface area contributed by atoms with Gasteiger partial charge in [-0.1, -0.05) is 83.9 Å². The first-order valence-electron chi connectivity index (χ1n) is 13.0. The lowest BCUT2D eigenvalue weighted by Gasteiger charge is -2.20. The number of nitrogens with zero attached hydrogens (tertiary/aromatic N) is 2. The van der Waals surface area contributed by atoms with Gasteiger partial charge in [-0.3, -0.25) is 9.13 Å². The maximum Gasteiger partial charge on any atom is 0.361 e. The van der Waals surface area contributed by atoms with Crippen LogP contribution in [-0.4, -0.2) is 22.8 Å². The summed E-state index contributed by atoms with van der Waals surface area (Å²) in [5.74, 6) is 0.452. The topological polar surface area (TPSA) is 62.6 Å². The van der Waals surface area contributed by atoms with Gasteiger partial charge < -0.3 is 13.8 Å². The number of aryl methyl sites for hydroxylation is 1. The van der Waals surface area contributed by atoms with Gasteiger partial charge >= 0.3 is 13.6 Å². The highest BCUT2D eigenvalue weighted by Crippen LogP contribution is 2.48. The predicted octanol–water partition coefficient (Wildman–Crippen LogP) is 9.05. The summed E-state index contributed by atoms with van der Waals surface area (Å²) >= 11 is 12.7. The van der Waals surface area contributed by atoms with E-state index in [1.54, 1.807) is 38.1 Å². The molecule has 0 saturated heterocycles. The summed E-state index contributed by atoms with van der Waals surface area (Å²) in [6.07, 6.45) is 0. The normalized spacial score (nSPS) is 11.7. The largest absolute Gasteiger partial charge is 0.425 e. The smallest absolute Gasteiger partial charge is 0.361 e. The van der Waals surface area contributed by atoms with Crippen LogP contribution < -0.4 is 10.0 Å². The first-order chi connectivity index (χ1) is 19.3. The zero-order valence-electron chi connectivity index (χ0n) is 22.4. The van der Waals surface area contributed by atoms with Crippen molar-refractivity contribution in [3.8, 4) is 22.9 Å². The van der Waals surface area contributed by atoms with E-state index in [0.717, 1.165) is 27.8 Å². The lowest BCUT2D eigenvalue weighted by Crippen LogP contribution is -2.14. The predicted molar refractivity (Wildman–Crippen MR) is 162 cm³/mol. The molecule has 0 unspecified atom stereocenters. The van der Waals surface area contributed by atoms with E-state index in [1.165, 1.54) is 0 Å². The monoisotopic (exact) mass is 594 g/mol. The maximum atomic E-state index is 13.5. The van der Waals surface area contributed by atoms with Gasteiger partial charge in [0.1, 0.15) is 5.75 Å². The third-order valence-electron chi connectivity index (χ3n) is 6.44. The molecule has 5 rings (SSSR count). The summed E-state index contributed by atoms with van der Waals surface area (Å²) < 4.78 is 33.0. The molecule has 0 atom stereocenters. The van der Waals surface area contributed by atoms with Gasteiger partial charge in [-0.25, -0.2) is 0 Å². The molecule has 0 bridgehead atoms. The second kappa shape index (κ2) is 12.2. The molecule has 0 aliphatic carbocycles. The highest BCUT2D eigenvalue weighted by atomic mass is 35.5. The molecule has 0 radical (unpaired) electrons. The number of halogens is 2. The summed E-state index contributed by atoms with van der Waals surface area (Å²) in [6.45, 7) is 6.42. The van der Waals surface area contributed by atoms with Gasteiger partial charge in [-0.05, 0) is 67.3 Å². The average Bonchev–Trinajstić information content (AvgIpc) is 3.26. The Morgan fingerprint density at radius 3 is 2.15 bits per heavy atom. The molecule has 0 spiro atoms. The number of hydrogen-bond donors (Lipinski definition) is 0. The van der Waals surface area contributed by atoms with Gasteiger partial charge in [0.2, 0.25) is 0 Å². The van der Waals surface area contributed by atoms with Crippen molar-refractivity contribution in [2.24, 2.45) is 0 Å². The van der Waals surface area contributed by atoms with E-state index >= 15 is 0 Å². The van der Waals surface area contributed by atoms with Crippen molar-refractivity contribution < 1.29 is 18.3 Å². The number of benzene rings is 4. The average molecular weight is 595 g/mol. The van der Waals surface area contributed by atoms with Crippen molar-refractivity contribution in [1.29, 1.82) is 0 Å². The van der Waals surface area contributed by atoms with Crippen LogP contribution in [0.3, 0.4) is 0 Å². The molecule has 1 aromatic heterocycles. The van der Waals surface area contributed by atoms with Crippen molar-refractivity contribution in [3.05, 3.63) is 106 Å². The summed E-state index contributed by atoms with van der Waals surface area (Å²) in [4.78, 5) is 4.72. The lowest BCUT2D eigenvalue weighted by atomic mass is 10.0. The Hall–Kier alpha value is -3.12. The van der Waals surface area contributed by atoms with Gasteiger partial charge in [0.05, 0.1) is 46.1 Å². The van der Waals surface area contributed by atoms with Crippen molar-refractivity contribution in [2.45, 2.75) is 27.3 Å². The number of aromatic nitrogens is 2. The highest BCUT2D eigenvalue weighted by molar-refractivity contribution is 7.62. The number of fused-ring (bicyclic) bond motifs is 1. The molecule has 40 heavy (non-hydrogen) atoms. The molecule has 4 aromatic carbocycles. The van der Waals surface area contributed by atoms with E-state index in [2.05, 4.69) is 36.4 Å². The SMILES string of the molecule is CCOP(=O)(OCC)c1cc(Oc2nc3cc(Cl)c(Cl)cc3n2Cc2ccc(-c3ccccc3)cc2)ccc1C. The van der Waals surface area contributed by atoms with Crippen molar-refractivity contribution in [3.63, 3.8) is 0 Å². The van der Waals surface area contributed by atoms with E-state index in [1.807, 2.05) is 35.8 Å². The van der Waals surface area contributed by atoms with E-state index in [-0.39, 0.29) is 13.2 Å². The molecule has 0 aliphatic rings. The van der Waals surface area contributed by atoms with Gasteiger partial charge in [-0.15, -0.1) is 0 Å².